The first-order chi connectivity index (χ1) is 9.13. The Kier molecular flexibility index (Phi) is 4.19. The predicted octanol–water partition coefficient (Wildman–Crippen LogP) is 1.48. The predicted molar refractivity (Wildman–Crippen MR) is 74.7 cm³/mol. The zero-order chi connectivity index (χ0) is 13.8. The van der Waals surface area contributed by atoms with Gasteiger partial charge < -0.3 is 4.74 Å². The smallest absolute Gasteiger partial charge is 0.121 e. The summed E-state index contributed by atoms with van der Waals surface area (Å²) in [4.78, 5) is 0. The van der Waals surface area contributed by atoms with Crippen molar-refractivity contribution >= 4 is 0 Å². The fourth-order valence-corrected chi connectivity index (χ4v) is 2.20. The Morgan fingerprint density at radius 2 is 2.26 bits per heavy atom. The number of benzene rings is 1. The van der Waals surface area contributed by atoms with Crippen LogP contribution in [0.3, 0.4) is 0 Å². The van der Waals surface area contributed by atoms with Crippen LogP contribution < -0.4 is 16.0 Å². The van der Waals surface area contributed by atoms with E-state index in [2.05, 4.69) is 16.6 Å². The average molecular weight is 260 g/mol. The largest absolute Gasteiger partial charge is 0.496 e. The van der Waals surface area contributed by atoms with Crippen molar-refractivity contribution in [1.29, 1.82) is 0 Å². The second kappa shape index (κ2) is 5.86. The van der Waals surface area contributed by atoms with E-state index in [0.717, 1.165) is 28.9 Å². The molecule has 0 aliphatic heterocycles. The molecule has 1 aromatic heterocycles. The van der Waals surface area contributed by atoms with Crippen LogP contribution in [-0.2, 0) is 13.5 Å². The number of aryl methyl sites for hydroxylation is 2. The number of hydrogen-bond donors (Lipinski definition) is 2. The zero-order valence-electron chi connectivity index (χ0n) is 11.6. The standard InChI is InChI=1S/C14H20N4O/c1-10-6-12(4-5-14(10)19-3)13(17-15)7-11-8-16-18(2)9-11/h4-6,8-9,13,17H,7,15H2,1-3H3. The molecule has 0 fully saturated rings. The van der Waals surface area contributed by atoms with Gasteiger partial charge in [-0.15, -0.1) is 0 Å². The molecule has 19 heavy (non-hydrogen) atoms. The van der Waals surface area contributed by atoms with Crippen LogP contribution in [0.4, 0.5) is 0 Å². The molecule has 0 bridgehead atoms. The lowest BCUT2D eigenvalue weighted by Gasteiger charge is -2.17. The molecular weight excluding hydrogens is 240 g/mol. The first kappa shape index (κ1) is 13.6. The molecule has 0 aliphatic carbocycles. The van der Waals surface area contributed by atoms with Crippen molar-refractivity contribution in [2.24, 2.45) is 12.9 Å². The van der Waals surface area contributed by atoms with E-state index in [1.807, 2.05) is 38.5 Å². The van der Waals surface area contributed by atoms with Crippen LogP contribution in [0.2, 0.25) is 0 Å². The van der Waals surface area contributed by atoms with Gasteiger partial charge in [0.2, 0.25) is 0 Å². The van der Waals surface area contributed by atoms with Crippen LogP contribution in [0.15, 0.2) is 30.6 Å². The Labute approximate surface area is 113 Å². The van der Waals surface area contributed by atoms with E-state index in [4.69, 9.17) is 10.6 Å². The number of nitrogens with zero attached hydrogens (tertiary/aromatic N) is 2. The van der Waals surface area contributed by atoms with Gasteiger partial charge in [0.15, 0.2) is 0 Å². The molecule has 5 heteroatoms. The van der Waals surface area contributed by atoms with E-state index in [-0.39, 0.29) is 6.04 Å². The molecule has 3 N–H and O–H groups in total. The SMILES string of the molecule is COc1ccc(C(Cc2cnn(C)c2)NN)cc1C. The monoisotopic (exact) mass is 260 g/mol. The lowest BCUT2D eigenvalue weighted by molar-refractivity contribution is 0.411. The third-order valence-electron chi connectivity index (χ3n) is 3.22. The van der Waals surface area contributed by atoms with E-state index < -0.39 is 0 Å². The minimum atomic E-state index is 0.0637. The number of aromatic nitrogens is 2. The van der Waals surface area contributed by atoms with Crippen LogP contribution in [-0.4, -0.2) is 16.9 Å². The van der Waals surface area contributed by atoms with Crippen LogP contribution in [0.1, 0.15) is 22.7 Å². The summed E-state index contributed by atoms with van der Waals surface area (Å²) < 4.78 is 7.06. The number of methoxy groups -OCH3 is 1. The van der Waals surface area contributed by atoms with Crippen LogP contribution >= 0.6 is 0 Å². The quantitative estimate of drug-likeness (QED) is 0.631. The summed E-state index contributed by atoms with van der Waals surface area (Å²) in [5.74, 6) is 6.56. The molecule has 1 aromatic carbocycles. The lowest BCUT2D eigenvalue weighted by Crippen LogP contribution is -2.29. The highest BCUT2D eigenvalue weighted by atomic mass is 16.5. The minimum absolute atomic E-state index is 0.0637. The van der Waals surface area contributed by atoms with Crippen LogP contribution in [0, 0.1) is 6.92 Å². The zero-order valence-corrected chi connectivity index (χ0v) is 11.6. The molecule has 2 rings (SSSR count). The molecule has 0 spiro atoms. The summed E-state index contributed by atoms with van der Waals surface area (Å²) in [6, 6.07) is 6.17. The highest BCUT2D eigenvalue weighted by Crippen LogP contribution is 2.24. The van der Waals surface area contributed by atoms with E-state index in [0.29, 0.717) is 0 Å². The van der Waals surface area contributed by atoms with Crippen LogP contribution in [0.25, 0.3) is 0 Å². The Balaban J connectivity index is 2.19. The summed E-state index contributed by atoms with van der Waals surface area (Å²) in [5, 5.41) is 4.17. The Bertz CT molecular complexity index is 550. The average Bonchev–Trinajstić information content (AvgIpc) is 2.81. The van der Waals surface area contributed by atoms with Gasteiger partial charge in [-0.3, -0.25) is 16.0 Å². The van der Waals surface area contributed by atoms with E-state index in [1.54, 1.807) is 11.8 Å². The normalized spacial score (nSPS) is 12.4. The lowest BCUT2D eigenvalue weighted by atomic mass is 9.99. The van der Waals surface area contributed by atoms with Crippen molar-refractivity contribution in [2.45, 2.75) is 19.4 Å². The van der Waals surface area contributed by atoms with Crippen LogP contribution in [0.5, 0.6) is 5.75 Å². The van der Waals surface area contributed by atoms with Gasteiger partial charge in [0.25, 0.3) is 0 Å². The van der Waals surface area contributed by atoms with Crippen molar-refractivity contribution in [3.63, 3.8) is 0 Å². The van der Waals surface area contributed by atoms with Gasteiger partial charge in [0.1, 0.15) is 5.75 Å². The number of rotatable bonds is 5. The number of hydrogen-bond acceptors (Lipinski definition) is 4. The van der Waals surface area contributed by atoms with Gasteiger partial charge in [-0.05, 0) is 36.1 Å². The maximum atomic E-state index is 5.67. The summed E-state index contributed by atoms with van der Waals surface area (Å²) >= 11 is 0. The minimum Gasteiger partial charge on any atom is -0.496 e. The second-order valence-electron chi connectivity index (χ2n) is 4.67. The maximum absolute atomic E-state index is 5.67. The van der Waals surface area contributed by atoms with Crippen molar-refractivity contribution in [2.75, 3.05) is 7.11 Å². The summed E-state index contributed by atoms with van der Waals surface area (Å²) in [6.45, 7) is 2.03. The summed E-state index contributed by atoms with van der Waals surface area (Å²) in [6.07, 6.45) is 4.66. The third-order valence-corrected chi connectivity index (χ3v) is 3.22. The third kappa shape index (κ3) is 3.13. The van der Waals surface area contributed by atoms with Crippen molar-refractivity contribution in [3.05, 3.63) is 47.3 Å². The number of ether oxygens (including phenoxy) is 1. The fourth-order valence-electron chi connectivity index (χ4n) is 2.20. The van der Waals surface area contributed by atoms with E-state index in [1.165, 1.54) is 0 Å². The van der Waals surface area contributed by atoms with Gasteiger partial charge in [-0.2, -0.15) is 5.10 Å². The molecule has 102 valence electrons. The van der Waals surface area contributed by atoms with Crippen molar-refractivity contribution < 1.29 is 4.74 Å². The molecule has 5 nitrogen and oxygen atoms in total. The maximum Gasteiger partial charge on any atom is 0.121 e. The Hall–Kier alpha value is -1.85. The highest BCUT2D eigenvalue weighted by Gasteiger charge is 2.13. The van der Waals surface area contributed by atoms with Gasteiger partial charge in [-0.25, -0.2) is 0 Å². The van der Waals surface area contributed by atoms with Gasteiger partial charge in [-0.1, -0.05) is 12.1 Å². The van der Waals surface area contributed by atoms with Gasteiger partial charge in [0.05, 0.1) is 19.3 Å². The summed E-state index contributed by atoms with van der Waals surface area (Å²) in [5.41, 5.74) is 6.26. The number of nitrogens with one attached hydrogen (secondary N) is 1. The molecule has 0 aliphatic rings. The Morgan fingerprint density at radius 3 is 2.79 bits per heavy atom. The molecule has 1 heterocycles. The molecule has 1 unspecified atom stereocenters. The van der Waals surface area contributed by atoms with E-state index in [9.17, 15) is 0 Å². The molecule has 0 saturated carbocycles. The molecule has 0 radical (unpaired) electrons. The van der Waals surface area contributed by atoms with Crippen molar-refractivity contribution in [3.8, 4) is 5.75 Å². The highest BCUT2D eigenvalue weighted by molar-refractivity contribution is 5.37. The topological polar surface area (TPSA) is 65.1 Å². The van der Waals surface area contributed by atoms with Gasteiger partial charge >= 0.3 is 0 Å². The van der Waals surface area contributed by atoms with E-state index >= 15 is 0 Å². The van der Waals surface area contributed by atoms with Gasteiger partial charge in [0, 0.05) is 13.2 Å². The number of hydrazine groups is 1. The molecule has 0 amide bonds. The first-order valence-corrected chi connectivity index (χ1v) is 6.22. The van der Waals surface area contributed by atoms with Crippen molar-refractivity contribution in [1.82, 2.24) is 15.2 Å². The molecule has 2 aromatic rings. The second-order valence-corrected chi connectivity index (χ2v) is 4.67. The molecule has 1 atom stereocenters. The fraction of sp³-hybridized carbons (Fsp3) is 0.357. The molecule has 0 saturated heterocycles. The Morgan fingerprint density at radius 1 is 1.47 bits per heavy atom. The number of nitrogens with two attached hydrogens (primary N) is 1. The molecular formula is C14H20N4O. The summed E-state index contributed by atoms with van der Waals surface area (Å²) in [7, 11) is 3.59. The first-order valence-electron chi connectivity index (χ1n) is 6.22.